The summed E-state index contributed by atoms with van der Waals surface area (Å²) >= 11 is 0. The second-order valence-corrected chi connectivity index (χ2v) is 4.16. The summed E-state index contributed by atoms with van der Waals surface area (Å²) in [7, 11) is 0. The molecule has 0 aliphatic carbocycles. The van der Waals surface area contributed by atoms with Crippen LogP contribution < -0.4 is 0 Å². The van der Waals surface area contributed by atoms with Crippen molar-refractivity contribution < 1.29 is 4.79 Å². The molecule has 0 heterocycles. The highest BCUT2D eigenvalue weighted by molar-refractivity contribution is 6.06. The Balaban J connectivity index is 2.09. The minimum absolute atomic E-state index is 0.0431. The molecule has 0 fully saturated rings. The molecule has 0 N–H and O–H groups in total. The number of hydrogen-bond donors (Lipinski definition) is 0. The Morgan fingerprint density at radius 1 is 1.00 bits per heavy atom. The number of carbonyl (C=O) groups excluding carboxylic acids is 1. The molecular formula is C17H16O. The lowest BCUT2D eigenvalue weighted by Gasteiger charge is -1.98. The van der Waals surface area contributed by atoms with Gasteiger partial charge in [0, 0.05) is 5.56 Å². The Kier molecular flexibility index (Phi) is 4.08. The highest BCUT2D eigenvalue weighted by atomic mass is 16.1. The van der Waals surface area contributed by atoms with Gasteiger partial charge in [0.25, 0.3) is 0 Å². The van der Waals surface area contributed by atoms with Crippen molar-refractivity contribution in [2.75, 3.05) is 0 Å². The van der Waals surface area contributed by atoms with Gasteiger partial charge in [0.05, 0.1) is 0 Å². The Morgan fingerprint density at radius 2 is 1.67 bits per heavy atom. The second-order valence-electron chi connectivity index (χ2n) is 4.16. The molecule has 0 aromatic heterocycles. The van der Waals surface area contributed by atoms with Gasteiger partial charge in [-0.25, -0.2) is 0 Å². The molecule has 1 nitrogen and oxygen atoms in total. The number of aryl methyl sites for hydroxylation is 1. The maximum Gasteiger partial charge on any atom is 0.185 e. The molecule has 90 valence electrons. The van der Waals surface area contributed by atoms with Crippen molar-refractivity contribution in [2.24, 2.45) is 0 Å². The topological polar surface area (TPSA) is 17.1 Å². The lowest BCUT2D eigenvalue weighted by atomic mass is 10.1. The average Bonchev–Trinajstić information content (AvgIpc) is 2.46. The second kappa shape index (κ2) is 5.97. The van der Waals surface area contributed by atoms with Gasteiger partial charge in [-0.1, -0.05) is 67.6 Å². The van der Waals surface area contributed by atoms with Gasteiger partial charge in [-0.3, -0.25) is 4.79 Å². The van der Waals surface area contributed by atoms with Crippen molar-refractivity contribution in [3.05, 3.63) is 77.4 Å². The largest absolute Gasteiger partial charge is 0.289 e. The summed E-state index contributed by atoms with van der Waals surface area (Å²) in [6, 6.07) is 17.6. The van der Waals surface area contributed by atoms with Crippen LogP contribution in [-0.2, 0) is 6.42 Å². The molecule has 0 saturated heterocycles. The van der Waals surface area contributed by atoms with Crippen molar-refractivity contribution in [3.8, 4) is 0 Å². The fraction of sp³-hybridized carbons (Fsp3) is 0.118. The molecule has 2 rings (SSSR count). The molecule has 2 aromatic rings. The minimum atomic E-state index is 0.0431. The van der Waals surface area contributed by atoms with E-state index in [4.69, 9.17) is 0 Å². The van der Waals surface area contributed by atoms with E-state index < -0.39 is 0 Å². The Hall–Kier alpha value is -2.15. The Morgan fingerprint density at radius 3 is 2.28 bits per heavy atom. The molecule has 0 radical (unpaired) electrons. The summed E-state index contributed by atoms with van der Waals surface area (Å²) in [6.45, 7) is 2.10. The van der Waals surface area contributed by atoms with Crippen LogP contribution in [0.2, 0.25) is 0 Å². The molecule has 0 unspecified atom stereocenters. The molecule has 2 aromatic carbocycles. The predicted octanol–water partition coefficient (Wildman–Crippen LogP) is 4.15. The number of benzene rings is 2. The normalized spacial score (nSPS) is 10.7. The first-order valence-electron chi connectivity index (χ1n) is 6.16. The molecular weight excluding hydrogens is 220 g/mol. The van der Waals surface area contributed by atoms with Crippen molar-refractivity contribution in [2.45, 2.75) is 13.3 Å². The van der Waals surface area contributed by atoms with Crippen molar-refractivity contribution in [1.82, 2.24) is 0 Å². The Bertz CT molecular complexity index is 536. The van der Waals surface area contributed by atoms with Crippen LogP contribution in [0.3, 0.4) is 0 Å². The maximum absolute atomic E-state index is 11.9. The van der Waals surface area contributed by atoms with Crippen LogP contribution in [0.1, 0.15) is 28.4 Å². The number of allylic oxidation sites excluding steroid dienone is 1. The van der Waals surface area contributed by atoms with Crippen LogP contribution >= 0.6 is 0 Å². The summed E-state index contributed by atoms with van der Waals surface area (Å²) in [6.07, 6.45) is 4.46. The van der Waals surface area contributed by atoms with Gasteiger partial charge in [0.1, 0.15) is 0 Å². The monoisotopic (exact) mass is 236 g/mol. The SMILES string of the molecule is CCc1ccc(C(=O)/C=C/c2ccccc2)cc1. The molecule has 0 aliphatic heterocycles. The van der Waals surface area contributed by atoms with Crippen LogP contribution in [0.5, 0.6) is 0 Å². The lowest BCUT2D eigenvalue weighted by molar-refractivity contribution is 0.104. The summed E-state index contributed by atoms with van der Waals surface area (Å²) in [5.41, 5.74) is 3.02. The third kappa shape index (κ3) is 3.17. The fourth-order valence-corrected chi connectivity index (χ4v) is 1.74. The third-order valence-corrected chi connectivity index (χ3v) is 2.87. The number of rotatable bonds is 4. The zero-order valence-corrected chi connectivity index (χ0v) is 10.5. The van der Waals surface area contributed by atoms with Crippen LogP contribution in [0, 0.1) is 0 Å². The summed E-state index contributed by atoms with van der Waals surface area (Å²) in [4.78, 5) is 11.9. The quantitative estimate of drug-likeness (QED) is 0.576. The number of carbonyl (C=O) groups is 1. The third-order valence-electron chi connectivity index (χ3n) is 2.87. The number of ketones is 1. The van der Waals surface area contributed by atoms with E-state index in [0.717, 1.165) is 17.5 Å². The van der Waals surface area contributed by atoms with Gasteiger partial charge in [-0.15, -0.1) is 0 Å². The van der Waals surface area contributed by atoms with Crippen molar-refractivity contribution >= 4 is 11.9 Å². The zero-order valence-electron chi connectivity index (χ0n) is 10.5. The van der Waals surface area contributed by atoms with E-state index in [2.05, 4.69) is 6.92 Å². The first-order valence-corrected chi connectivity index (χ1v) is 6.16. The van der Waals surface area contributed by atoms with E-state index in [1.807, 2.05) is 60.7 Å². The summed E-state index contributed by atoms with van der Waals surface area (Å²) in [5, 5.41) is 0. The van der Waals surface area contributed by atoms with Gasteiger partial charge >= 0.3 is 0 Å². The van der Waals surface area contributed by atoms with Gasteiger partial charge in [-0.05, 0) is 23.6 Å². The highest BCUT2D eigenvalue weighted by Crippen LogP contribution is 2.08. The summed E-state index contributed by atoms with van der Waals surface area (Å²) in [5.74, 6) is 0.0431. The summed E-state index contributed by atoms with van der Waals surface area (Å²) < 4.78 is 0. The predicted molar refractivity (Wildman–Crippen MR) is 75.6 cm³/mol. The van der Waals surface area contributed by atoms with Crippen LogP contribution in [0.4, 0.5) is 0 Å². The van der Waals surface area contributed by atoms with Crippen LogP contribution in [0.25, 0.3) is 6.08 Å². The van der Waals surface area contributed by atoms with Crippen LogP contribution in [0.15, 0.2) is 60.7 Å². The standard InChI is InChI=1S/C17H16O/c1-2-14-8-11-16(12-9-14)17(18)13-10-15-6-4-3-5-7-15/h3-13H,2H2,1H3/b13-10+. The Labute approximate surface area is 108 Å². The molecule has 0 aliphatic rings. The molecule has 0 amide bonds. The first kappa shape index (κ1) is 12.3. The van der Waals surface area contributed by atoms with E-state index in [1.165, 1.54) is 5.56 Å². The molecule has 0 saturated carbocycles. The van der Waals surface area contributed by atoms with E-state index in [1.54, 1.807) is 6.08 Å². The number of hydrogen-bond acceptors (Lipinski definition) is 1. The molecule has 0 bridgehead atoms. The van der Waals surface area contributed by atoms with E-state index >= 15 is 0 Å². The van der Waals surface area contributed by atoms with Crippen molar-refractivity contribution in [1.29, 1.82) is 0 Å². The van der Waals surface area contributed by atoms with E-state index in [-0.39, 0.29) is 5.78 Å². The van der Waals surface area contributed by atoms with Gasteiger partial charge in [0.15, 0.2) is 5.78 Å². The van der Waals surface area contributed by atoms with Gasteiger partial charge in [-0.2, -0.15) is 0 Å². The average molecular weight is 236 g/mol. The minimum Gasteiger partial charge on any atom is -0.289 e. The van der Waals surface area contributed by atoms with Gasteiger partial charge in [0.2, 0.25) is 0 Å². The zero-order chi connectivity index (χ0) is 12.8. The van der Waals surface area contributed by atoms with Crippen LogP contribution in [-0.4, -0.2) is 5.78 Å². The maximum atomic E-state index is 11.9. The molecule has 18 heavy (non-hydrogen) atoms. The van der Waals surface area contributed by atoms with Crippen molar-refractivity contribution in [3.63, 3.8) is 0 Å². The lowest BCUT2D eigenvalue weighted by Crippen LogP contribution is -1.94. The fourth-order valence-electron chi connectivity index (χ4n) is 1.74. The highest BCUT2D eigenvalue weighted by Gasteiger charge is 2.00. The van der Waals surface area contributed by atoms with E-state index in [0.29, 0.717) is 0 Å². The molecule has 0 atom stereocenters. The van der Waals surface area contributed by atoms with Gasteiger partial charge < -0.3 is 0 Å². The molecule has 0 spiro atoms. The molecule has 1 heteroatoms. The smallest absolute Gasteiger partial charge is 0.185 e. The first-order chi connectivity index (χ1) is 8.79. The van der Waals surface area contributed by atoms with E-state index in [9.17, 15) is 4.79 Å².